The van der Waals surface area contributed by atoms with E-state index in [1.807, 2.05) is 0 Å². The summed E-state index contributed by atoms with van der Waals surface area (Å²) in [6.07, 6.45) is -4.43. The van der Waals surface area contributed by atoms with Gasteiger partial charge in [0, 0.05) is 38.5 Å². The number of ether oxygens (including phenoxy) is 2. The average molecular weight is 404 g/mol. The van der Waals surface area contributed by atoms with Crippen molar-refractivity contribution in [3.63, 3.8) is 0 Å². The Morgan fingerprint density at radius 1 is 1.21 bits per heavy atom. The number of aromatic nitrogens is 2. The Morgan fingerprint density at radius 2 is 1.82 bits per heavy atom. The van der Waals surface area contributed by atoms with Gasteiger partial charge in [-0.15, -0.1) is 0 Å². The highest BCUT2D eigenvalue weighted by Crippen LogP contribution is 2.29. The van der Waals surface area contributed by atoms with Crippen LogP contribution in [0.3, 0.4) is 0 Å². The Morgan fingerprint density at radius 3 is 2.32 bits per heavy atom. The molecule has 158 valence electrons. The van der Waals surface area contributed by atoms with Gasteiger partial charge in [0.25, 0.3) is 0 Å². The average Bonchev–Trinajstić information content (AvgIpc) is 2.52. The summed E-state index contributed by atoms with van der Waals surface area (Å²) in [5, 5.41) is 0. The van der Waals surface area contributed by atoms with Gasteiger partial charge in [-0.1, -0.05) is 0 Å². The number of likely N-dealkylation sites (tertiary alicyclic amines) is 1. The number of nitrogens with zero attached hydrogens (tertiary/aromatic N) is 4. The highest BCUT2D eigenvalue weighted by atomic mass is 19.4. The summed E-state index contributed by atoms with van der Waals surface area (Å²) in [5.41, 5.74) is -0.351. The van der Waals surface area contributed by atoms with Gasteiger partial charge in [-0.05, 0) is 34.9 Å². The van der Waals surface area contributed by atoms with Gasteiger partial charge in [0.05, 0.1) is 5.69 Å². The second kappa shape index (κ2) is 8.50. The van der Waals surface area contributed by atoms with E-state index in [9.17, 15) is 18.0 Å². The van der Waals surface area contributed by atoms with Crippen molar-refractivity contribution in [3.05, 3.63) is 17.6 Å². The normalized spacial score (nSPS) is 16.4. The van der Waals surface area contributed by atoms with Crippen molar-refractivity contribution >= 4 is 6.09 Å². The molecule has 1 amide bonds. The maximum absolute atomic E-state index is 13.1. The molecule has 0 saturated carbocycles. The molecule has 0 atom stereocenters. The fourth-order valence-corrected chi connectivity index (χ4v) is 2.72. The summed E-state index contributed by atoms with van der Waals surface area (Å²) in [7, 11) is 3.48. The number of rotatable bonds is 4. The van der Waals surface area contributed by atoms with E-state index in [1.54, 1.807) is 44.7 Å². The summed E-state index contributed by atoms with van der Waals surface area (Å²) in [6, 6.07) is 1.43. The second-order valence-corrected chi connectivity index (χ2v) is 8.04. The van der Waals surface area contributed by atoms with E-state index in [4.69, 9.17) is 9.47 Å². The van der Waals surface area contributed by atoms with Crippen LogP contribution in [-0.2, 0) is 17.5 Å². The third-order valence-corrected chi connectivity index (χ3v) is 3.87. The number of piperidine rings is 1. The molecule has 0 radical (unpaired) electrons. The van der Waals surface area contributed by atoms with Crippen LogP contribution in [0.4, 0.5) is 18.0 Å². The zero-order valence-electron chi connectivity index (χ0n) is 16.8. The minimum atomic E-state index is -4.65. The maximum atomic E-state index is 13.1. The van der Waals surface area contributed by atoms with Crippen LogP contribution in [0.15, 0.2) is 6.07 Å². The molecule has 1 saturated heterocycles. The van der Waals surface area contributed by atoms with Crippen LogP contribution < -0.4 is 4.74 Å². The lowest BCUT2D eigenvalue weighted by molar-refractivity contribution is -0.145. The van der Waals surface area contributed by atoms with Crippen LogP contribution in [0.5, 0.6) is 5.88 Å². The molecule has 1 aliphatic heterocycles. The van der Waals surface area contributed by atoms with E-state index in [2.05, 4.69) is 9.97 Å². The Bertz CT molecular complexity index is 682. The zero-order chi connectivity index (χ0) is 21.1. The number of halogens is 3. The molecule has 1 aromatic heterocycles. The molecule has 1 fully saturated rings. The molecule has 2 heterocycles. The number of amides is 1. The second-order valence-electron chi connectivity index (χ2n) is 8.04. The first kappa shape index (κ1) is 22.2. The number of hydrogen-bond acceptors (Lipinski definition) is 6. The third kappa shape index (κ3) is 6.81. The first-order chi connectivity index (χ1) is 12.8. The first-order valence-electron chi connectivity index (χ1n) is 9.08. The topological polar surface area (TPSA) is 67.8 Å². The number of hydrogen-bond donors (Lipinski definition) is 0. The Kier molecular flexibility index (Phi) is 6.74. The molecule has 7 nitrogen and oxygen atoms in total. The predicted octanol–water partition coefficient (Wildman–Crippen LogP) is 3.34. The van der Waals surface area contributed by atoms with Crippen molar-refractivity contribution in [2.75, 3.05) is 27.2 Å². The predicted molar refractivity (Wildman–Crippen MR) is 95.9 cm³/mol. The number of carbonyl (C=O) groups is 1. The van der Waals surface area contributed by atoms with Crippen LogP contribution in [-0.4, -0.2) is 64.8 Å². The van der Waals surface area contributed by atoms with Gasteiger partial charge in [0.2, 0.25) is 11.7 Å². The van der Waals surface area contributed by atoms with Gasteiger partial charge in [-0.2, -0.15) is 18.2 Å². The SMILES string of the molecule is CN(C)Cc1cc(OC2CCN(C(=O)OC(C)(C)C)CC2)nc(C(F)(F)F)n1. The highest BCUT2D eigenvalue weighted by molar-refractivity contribution is 5.68. The minimum Gasteiger partial charge on any atom is -0.474 e. The van der Waals surface area contributed by atoms with Crippen molar-refractivity contribution in [3.8, 4) is 5.88 Å². The summed E-state index contributed by atoms with van der Waals surface area (Å²) in [6.45, 7) is 6.42. The molecule has 1 aliphatic rings. The molecule has 0 bridgehead atoms. The summed E-state index contributed by atoms with van der Waals surface area (Å²) in [4.78, 5) is 22.5. The molecule has 1 aromatic rings. The smallest absolute Gasteiger partial charge is 0.451 e. The van der Waals surface area contributed by atoms with E-state index in [-0.39, 0.29) is 24.2 Å². The molecular formula is C18H27F3N4O3. The number of alkyl halides is 3. The largest absolute Gasteiger partial charge is 0.474 e. The lowest BCUT2D eigenvalue weighted by Gasteiger charge is -2.33. The summed E-state index contributed by atoms with van der Waals surface area (Å²) in [5.74, 6) is -1.32. The Balaban J connectivity index is 2.03. The zero-order valence-corrected chi connectivity index (χ0v) is 16.8. The van der Waals surface area contributed by atoms with Crippen LogP contribution in [0.2, 0.25) is 0 Å². The Labute approximate surface area is 162 Å². The molecule has 10 heteroatoms. The van der Waals surface area contributed by atoms with Crippen molar-refractivity contribution in [2.24, 2.45) is 0 Å². The first-order valence-corrected chi connectivity index (χ1v) is 9.08. The quantitative estimate of drug-likeness (QED) is 0.767. The van der Waals surface area contributed by atoms with Crippen LogP contribution >= 0.6 is 0 Å². The lowest BCUT2D eigenvalue weighted by atomic mass is 10.1. The molecule has 28 heavy (non-hydrogen) atoms. The minimum absolute atomic E-state index is 0.102. The maximum Gasteiger partial charge on any atom is 0.451 e. The molecule has 0 aliphatic carbocycles. The fourth-order valence-electron chi connectivity index (χ4n) is 2.72. The van der Waals surface area contributed by atoms with E-state index in [0.29, 0.717) is 25.9 Å². The summed E-state index contributed by atoms with van der Waals surface area (Å²) < 4.78 is 50.3. The van der Waals surface area contributed by atoms with E-state index >= 15 is 0 Å². The highest BCUT2D eigenvalue weighted by Gasteiger charge is 2.36. The van der Waals surface area contributed by atoms with Crippen LogP contribution in [0, 0.1) is 0 Å². The molecule has 0 N–H and O–H groups in total. The standard InChI is InChI=1S/C18H27F3N4O3/c1-17(2,3)28-16(26)25-8-6-13(7-9-25)27-14-10-12(11-24(4)5)22-15(23-14)18(19,20)21/h10,13H,6-9,11H2,1-5H3. The van der Waals surface area contributed by atoms with Gasteiger partial charge < -0.3 is 19.3 Å². The van der Waals surface area contributed by atoms with Crippen molar-refractivity contribution in [1.82, 2.24) is 19.8 Å². The molecule has 0 aromatic carbocycles. The van der Waals surface area contributed by atoms with E-state index < -0.39 is 23.7 Å². The van der Waals surface area contributed by atoms with Crippen LogP contribution in [0.1, 0.15) is 45.1 Å². The van der Waals surface area contributed by atoms with Gasteiger partial charge >= 0.3 is 12.3 Å². The van der Waals surface area contributed by atoms with Crippen molar-refractivity contribution < 1.29 is 27.4 Å². The van der Waals surface area contributed by atoms with Crippen molar-refractivity contribution in [1.29, 1.82) is 0 Å². The fraction of sp³-hybridized carbons (Fsp3) is 0.722. The van der Waals surface area contributed by atoms with Gasteiger partial charge in [-0.25, -0.2) is 9.78 Å². The molecule has 0 unspecified atom stereocenters. The van der Waals surface area contributed by atoms with Gasteiger partial charge in [0.15, 0.2) is 0 Å². The number of carbonyl (C=O) groups excluding carboxylic acids is 1. The molecule has 2 rings (SSSR count). The van der Waals surface area contributed by atoms with Crippen LogP contribution in [0.25, 0.3) is 0 Å². The van der Waals surface area contributed by atoms with Gasteiger partial charge in [-0.3, -0.25) is 0 Å². The van der Waals surface area contributed by atoms with E-state index in [0.717, 1.165) is 0 Å². The van der Waals surface area contributed by atoms with Gasteiger partial charge in [0.1, 0.15) is 11.7 Å². The van der Waals surface area contributed by atoms with E-state index in [1.165, 1.54) is 6.07 Å². The molecular weight excluding hydrogens is 377 g/mol. The third-order valence-electron chi connectivity index (χ3n) is 3.87. The monoisotopic (exact) mass is 404 g/mol. The summed E-state index contributed by atoms with van der Waals surface area (Å²) >= 11 is 0. The molecule has 0 spiro atoms. The Hall–Kier alpha value is -2.10. The lowest BCUT2D eigenvalue weighted by Crippen LogP contribution is -2.44. The van der Waals surface area contributed by atoms with Crippen molar-refractivity contribution in [2.45, 2.75) is 58.0 Å².